The molecule has 0 spiro atoms. The predicted molar refractivity (Wildman–Crippen MR) is 201 cm³/mol. The van der Waals surface area contributed by atoms with Gasteiger partial charge in [-0.25, -0.2) is 4.98 Å². The lowest BCUT2D eigenvalue weighted by atomic mass is 9.95. The average molecular weight is 644 g/mol. The van der Waals surface area contributed by atoms with Crippen molar-refractivity contribution < 1.29 is 9.30 Å². The van der Waals surface area contributed by atoms with Gasteiger partial charge in [-0.05, 0) is 77.2 Å². The highest BCUT2D eigenvalue weighted by atomic mass is 16.5. The molecule has 6 aromatic carbocycles. The first-order chi connectivity index (χ1) is 24.8. The molecule has 236 valence electrons. The molecule has 5 nitrogen and oxygen atoms in total. The summed E-state index contributed by atoms with van der Waals surface area (Å²) in [7, 11) is 0. The van der Waals surface area contributed by atoms with E-state index in [0.29, 0.717) is 0 Å². The highest BCUT2D eigenvalue weighted by Crippen LogP contribution is 2.35. The average Bonchev–Trinajstić information content (AvgIpc) is 3.77. The van der Waals surface area contributed by atoms with Crippen LogP contribution in [-0.2, 0) is 0 Å². The zero-order valence-corrected chi connectivity index (χ0v) is 27.1. The fourth-order valence-corrected chi connectivity index (χ4v) is 6.78. The molecule has 0 amide bonds. The molecule has 0 unspecified atom stereocenters. The molecule has 0 saturated carbocycles. The molecule has 0 aliphatic heterocycles. The van der Waals surface area contributed by atoms with Crippen molar-refractivity contribution in [2.24, 2.45) is 0 Å². The monoisotopic (exact) mass is 643 g/mol. The van der Waals surface area contributed by atoms with Crippen molar-refractivity contribution in [2.75, 3.05) is 0 Å². The van der Waals surface area contributed by atoms with Gasteiger partial charge in [0.25, 0.3) is 6.33 Å². The smallest absolute Gasteiger partial charge is 0.255 e. The largest absolute Gasteiger partial charge is 0.457 e. The van der Waals surface area contributed by atoms with Crippen LogP contribution in [0.15, 0.2) is 195 Å². The molecule has 0 bridgehead atoms. The lowest BCUT2D eigenvalue weighted by Gasteiger charge is -2.14. The third-order valence-corrected chi connectivity index (χ3v) is 9.06. The van der Waals surface area contributed by atoms with Gasteiger partial charge in [-0.3, -0.25) is 0 Å². The predicted octanol–water partition coefficient (Wildman–Crippen LogP) is 10.4. The Hall–Kier alpha value is -6.94. The first-order valence-electron chi connectivity index (χ1n) is 16.6. The van der Waals surface area contributed by atoms with E-state index in [1.807, 2.05) is 65.4 Å². The van der Waals surface area contributed by atoms with E-state index in [9.17, 15) is 0 Å². The molecule has 0 atom stereocenters. The van der Waals surface area contributed by atoms with Gasteiger partial charge in [-0.15, -0.1) is 5.73 Å². The van der Waals surface area contributed by atoms with Crippen molar-refractivity contribution in [3.63, 3.8) is 0 Å². The van der Waals surface area contributed by atoms with E-state index in [1.165, 1.54) is 10.8 Å². The maximum absolute atomic E-state index is 6.46. The molecule has 0 saturated heterocycles. The molecular formula is C45H31N4O+. The first-order valence-corrected chi connectivity index (χ1v) is 16.6. The van der Waals surface area contributed by atoms with E-state index in [4.69, 9.17) is 4.74 Å². The second-order valence-electron chi connectivity index (χ2n) is 12.1. The Balaban J connectivity index is 1.26. The van der Waals surface area contributed by atoms with Crippen molar-refractivity contribution >= 4 is 27.4 Å². The molecule has 0 N–H and O–H groups in total. The number of para-hydroxylation sites is 1. The minimum atomic E-state index is 0.748. The van der Waals surface area contributed by atoms with Crippen LogP contribution in [0.2, 0.25) is 0 Å². The number of allylic oxidation sites excluding steroid dienone is 5. The van der Waals surface area contributed by atoms with Crippen molar-refractivity contribution in [1.29, 1.82) is 0 Å². The summed E-state index contributed by atoms with van der Waals surface area (Å²) in [5, 5.41) is 2.36. The zero-order chi connectivity index (χ0) is 33.3. The summed E-state index contributed by atoms with van der Waals surface area (Å²) in [5.41, 5.74) is 13.1. The Morgan fingerprint density at radius 1 is 0.680 bits per heavy atom. The van der Waals surface area contributed by atoms with Crippen LogP contribution in [0.25, 0.3) is 55.6 Å². The van der Waals surface area contributed by atoms with Gasteiger partial charge in [0.15, 0.2) is 11.0 Å². The minimum Gasteiger partial charge on any atom is -0.457 e. The molecule has 2 heterocycles. The van der Waals surface area contributed by atoms with E-state index in [0.717, 1.165) is 61.9 Å². The van der Waals surface area contributed by atoms with Crippen LogP contribution in [0, 0.1) is 0 Å². The number of aromatic nitrogens is 4. The molecule has 1 aliphatic carbocycles. The fraction of sp³-hybridized carbons (Fsp3) is 0. The topological polar surface area (TPSA) is 35.9 Å². The van der Waals surface area contributed by atoms with Gasteiger partial charge in [0.1, 0.15) is 22.9 Å². The summed E-state index contributed by atoms with van der Waals surface area (Å²) in [5.74, 6) is 1.50. The molecule has 1 aliphatic rings. The minimum absolute atomic E-state index is 0.748. The summed E-state index contributed by atoms with van der Waals surface area (Å²) >= 11 is 0. The second kappa shape index (κ2) is 12.6. The van der Waals surface area contributed by atoms with Crippen LogP contribution >= 0.6 is 0 Å². The third-order valence-electron chi connectivity index (χ3n) is 9.06. The van der Waals surface area contributed by atoms with E-state index >= 15 is 0 Å². The number of hydrogen-bond acceptors (Lipinski definition) is 2. The quantitative estimate of drug-likeness (QED) is 0.128. The van der Waals surface area contributed by atoms with E-state index in [2.05, 4.69) is 135 Å². The first kappa shape index (κ1) is 29.2. The summed E-state index contributed by atoms with van der Waals surface area (Å²) in [6.07, 6.45) is 18.0. The Morgan fingerprint density at radius 2 is 1.46 bits per heavy atom. The lowest BCUT2D eigenvalue weighted by Crippen LogP contribution is -2.31. The van der Waals surface area contributed by atoms with Gasteiger partial charge in [0.2, 0.25) is 0 Å². The van der Waals surface area contributed by atoms with Crippen LogP contribution < -0.4 is 9.30 Å². The van der Waals surface area contributed by atoms with Crippen molar-refractivity contribution in [3.8, 4) is 39.7 Å². The Labute approximate surface area is 289 Å². The standard InChI is InChI=1S/C45H31N4O/c1-2-5-14-33(13-4-1)40-23-12-24-41(34-15-6-3-7-16-34)44(40)49-32-48(43-26-25-35-17-8-9-22-42(35)45(43)49)37-19-11-21-39(30-37)50-38-20-10-18-36(29-38)47-28-27-46-31-47/h1,3-32H/q+1. The Kier molecular flexibility index (Phi) is 7.35. The number of rotatable bonds is 7. The van der Waals surface area contributed by atoms with Gasteiger partial charge in [-0.2, -0.15) is 9.13 Å². The number of ether oxygens (including phenoxy) is 1. The molecule has 8 aromatic rings. The summed E-state index contributed by atoms with van der Waals surface area (Å²) < 4.78 is 13.1. The van der Waals surface area contributed by atoms with Crippen molar-refractivity contribution in [1.82, 2.24) is 14.1 Å². The maximum Gasteiger partial charge on any atom is 0.255 e. The molecule has 2 aromatic heterocycles. The maximum atomic E-state index is 6.46. The van der Waals surface area contributed by atoms with E-state index < -0.39 is 0 Å². The Bertz CT molecular complexity index is 2650. The van der Waals surface area contributed by atoms with Crippen LogP contribution in [0.3, 0.4) is 0 Å². The van der Waals surface area contributed by atoms with Crippen LogP contribution in [-0.4, -0.2) is 14.1 Å². The van der Waals surface area contributed by atoms with Gasteiger partial charge in [-0.1, -0.05) is 91.0 Å². The highest BCUT2D eigenvalue weighted by molar-refractivity contribution is 6.03. The third kappa shape index (κ3) is 5.34. The molecule has 9 rings (SSSR count). The van der Waals surface area contributed by atoms with Gasteiger partial charge >= 0.3 is 0 Å². The van der Waals surface area contributed by atoms with Gasteiger partial charge in [0, 0.05) is 41.0 Å². The lowest BCUT2D eigenvalue weighted by molar-refractivity contribution is -0.566. The molecule has 50 heavy (non-hydrogen) atoms. The fourth-order valence-electron chi connectivity index (χ4n) is 6.78. The van der Waals surface area contributed by atoms with Crippen LogP contribution in [0.1, 0.15) is 5.56 Å². The van der Waals surface area contributed by atoms with Crippen LogP contribution in [0.4, 0.5) is 0 Å². The molecule has 5 heteroatoms. The number of imidazole rings is 2. The van der Waals surface area contributed by atoms with Crippen molar-refractivity contribution in [2.45, 2.75) is 0 Å². The Morgan fingerprint density at radius 3 is 2.32 bits per heavy atom. The van der Waals surface area contributed by atoms with Crippen LogP contribution in [0.5, 0.6) is 11.5 Å². The SMILES string of the molecule is C1=CC=CC(c2cccc(-c3ccccc3)c2-[n+]2cn(-c3cccc(Oc4cccc(-n5ccnc5)c4)c3)c3ccc4ccccc4c32)=CC=1. The second-order valence-corrected chi connectivity index (χ2v) is 12.1. The van der Waals surface area contributed by atoms with E-state index in [-0.39, 0.29) is 0 Å². The summed E-state index contributed by atoms with van der Waals surface area (Å²) in [6.45, 7) is 0. The molecular weight excluding hydrogens is 613 g/mol. The zero-order valence-electron chi connectivity index (χ0n) is 27.1. The normalized spacial score (nSPS) is 12.4. The van der Waals surface area contributed by atoms with Gasteiger partial charge in [0.05, 0.1) is 12.0 Å². The highest BCUT2D eigenvalue weighted by Gasteiger charge is 2.27. The summed E-state index contributed by atoms with van der Waals surface area (Å²) in [4.78, 5) is 4.19. The number of fused-ring (bicyclic) bond motifs is 3. The van der Waals surface area contributed by atoms with Gasteiger partial charge < -0.3 is 9.30 Å². The number of nitrogens with zero attached hydrogens (tertiary/aromatic N) is 4. The number of benzene rings is 6. The molecule has 0 fully saturated rings. The van der Waals surface area contributed by atoms with Crippen molar-refractivity contribution in [3.05, 3.63) is 200 Å². The summed E-state index contributed by atoms with van der Waals surface area (Å²) in [6, 6.07) is 46.5. The van der Waals surface area contributed by atoms with E-state index in [1.54, 1.807) is 12.5 Å². The molecule has 0 radical (unpaired) electrons. The number of hydrogen-bond donors (Lipinski definition) is 0.